The molecule has 2 heterocycles. The number of fused-ring (bicyclic) bond motifs is 1. The second-order valence-corrected chi connectivity index (χ2v) is 7.37. The van der Waals surface area contributed by atoms with Crippen molar-refractivity contribution in [2.45, 2.75) is 32.9 Å². The summed E-state index contributed by atoms with van der Waals surface area (Å²) in [5, 5.41) is 3.81. The van der Waals surface area contributed by atoms with Crippen LogP contribution in [0.1, 0.15) is 26.5 Å². The fourth-order valence-electron chi connectivity index (χ4n) is 2.38. The van der Waals surface area contributed by atoms with E-state index in [4.69, 9.17) is 4.74 Å². The van der Waals surface area contributed by atoms with Gasteiger partial charge in [0.15, 0.2) is 0 Å². The summed E-state index contributed by atoms with van der Waals surface area (Å²) in [7, 11) is 0. The number of hydrogen-bond donors (Lipinski definition) is 2. The average Bonchev–Trinajstić information content (AvgIpc) is 3.12. The maximum atomic E-state index is 11.8. The first kappa shape index (κ1) is 16.6. The first-order chi connectivity index (χ1) is 11.3. The van der Waals surface area contributed by atoms with E-state index in [1.165, 1.54) is 0 Å². The molecular formula is C17H19BrN4O2. The van der Waals surface area contributed by atoms with Crippen molar-refractivity contribution in [2.24, 2.45) is 0 Å². The largest absolute Gasteiger partial charge is 0.444 e. The molecule has 0 aliphatic rings. The fourth-order valence-corrected chi connectivity index (χ4v) is 2.94. The molecule has 1 aromatic carbocycles. The first-order valence-electron chi connectivity index (χ1n) is 7.58. The zero-order valence-corrected chi connectivity index (χ0v) is 15.3. The lowest BCUT2D eigenvalue weighted by atomic mass is 10.2. The molecule has 3 aromatic rings. The number of hydrogen-bond acceptors (Lipinski definition) is 3. The molecule has 0 fully saturated rings. The van der Waals surface area contributed by atoms with Crippen LogP contribution in [0.3, 0.4) is 0 Å². The molecule has 0 aliphatic carbocycles. The molecule has 1 amide bonds. The molecule has 0 saturated carbocycles. The number of carbonyl (C=O) groups is 1. The third-order valence-corrected chi connectivity index (χ3v) is 3.97. The monoisotopic (exact) mass is 390 g/mol. The summed E-state index contributed by atoms with van der Waals surface area (Å²) >= 11 is 3.59. The molecule has 0 spiro atoms. The summed E-state index contributed by atoms with van der Waals surface area (Å²) < 4.78 is 8.13. The number of nitrogens with one attached hydrogen (secondary N) is 2. The predicted molar refractivity (Wildman–Crippen MR) is 96.2 cm³/mol. The molecule has 0 bridgehead atoms. The minimum atomic E-state index is -0.507. The van der Waals surface area contributed by atoms with Crippen LogP contribution in [0.25, 0.3) is 16.6 Å². The van der Waals surface area contributed by atoms with Gasteiger partial charge in [-0.25, -0.2) is 9.78 Å². The number of ether oxygens (including phenoxy) is 1. The van der Waals surface area contributed by atoms with Crippen LogP contribution in [0.2, 0.25) is 0 Å². The third kappa shape index (κ3) is 3.79. The first-order valence-corrected chi connectivity index (χ1v) is 8.37. The van der Waals surface area contributed by atoms with Gasteiger partial charge in [0.05, 0.1) is 18.4 Å². The van der Waals surface area contributed by atoms with E-state index >= 15 is 0 Å². The van der Waals surface area contributed by atoms with E-state index in [2.05, 4.69) is 37.3 Å². The van der Waals surface area contributed by atoms with E-state index in [9.17, 15) is 4.79 Å². The quantitative estimate of drug-likeness (QED) is 0.705. The maximum absolute atomic E-state index is 11.8. The minimum absolute atomic E-state index is 0.371. The Balaban J connectivity index is 1.79. The van der Waals surface area contributed by atoms with Crippen LogP contribution < -0.4 is 5.32 Å². The van der Waals surface area contributed by atoms with Crippen molar-refractivity contribution in [3.63, 3.8) is 0 Å². The highest BCUT2D eigenvalue weighted by molar-refractivity contribution is 9.10. The molecule has 2 N–H and O–H groups in total. The summed E-state index contributed by atoms with van der Waals surface area (Å²) in [5.74, 6) is 0. The SMILES string of the molecule is CC(C)(C)OC(=O)NCc1cc2cc(-n3ccnc3)cc(Br)c2[nH]1. The van der Waals surface area contributed by atoms with E-state index in [-0.39, 0.29) is 0 Å². The molecule has 24 heavy (non-hydrogen) atoms. The number of imidazole rings is 1. The molecule has 0 saturated heterocycles. The highest BCUT2D eigenvalue weighted by Gasteiger charge is 2.16. The Morgan fingerprint density at radius 3 is 2.83 bits per heavy atom. The van der Waals surface area contributed by atoms with Crippen molar-refractivity contribution < 1.29 is 9.53 Å². The summed E-state index contributed by atoms with van der Waals surface area (Å²) in [6.07, 6.45) is 4.96. The normalized spacial score (nSPS) is 11.7. The second kappa shape index (κ2) is 6.32. The number of carbonyl (C=O) groups excluding carboxylic acids is 1. The molecule has 6 nitrogen and oxygen atoms in total. The number of amides is 1. The van der Waals surface area contributed by atoms with E-state index < -0.39 is 11.7 Å². The Bertz CT molecular complexity index is 863. The molecule has 0 unspecified atom stereocenters. The smallest absolute Gasteiger partial charge is 0.407 e. The van der Waals surface area contributed by atoms with Gasteiger partial charge in [-0.3, -0.25) is 0 Å². The molecule has 0 aliphatic heterocycles. The van der Waals surface area contributed by atoms with Gasteiger partial charge in [-0.2, -0.15) is 0 Å². The lowest BCUT2D eigenvalue weighted by Crippen LogP contribution is -2.32. The van der Waals surface area contributed by atoms with Gasteiger partial charge in [0.1, 0.15) is 5.60 Å². The van der Waals surface area contributed by atoms with Crippen molar-refractivity contribution in [1.29, 1.82) is 0 Å². The number of halogens is 1. The van der Waals surface area contributed by atoms with Crippen molar-refractivity contribution in [2.75, 3.05) is 0 Å². The van der Waals surface area contributed by atoms with Gasteiger partial charge in [0.25, 0.3) is 0 Å². The Kier molecular flexibility index (Phi) is 4.36. The lowest BCUT2D eigenvalue weighted by molar-refractivity contribution is 0.0523. The molecule has 3 rings (SSSR count). The predicted octanol–water partition coefficient (Wildman–Crippen LogP) is 4.14. The van der Waals surface area contributed by atoms with Gasteiger partial charge in [-0.05, 0) is 54.9 Å². The van der Waals surface area contributed by atoms with Crippen LogP contribution in [0.5, 0.6) is 0 Å². The highest BCUT2D eigenvalue weighted by Crippen LogP contribution is 2.28. The summed E-state index contributed by atoms with van der Waals surface area (Å²) in [6, 6.07) is 6.10. The Labute approximate surface area is 148 Å². The number of aromatic amines is 1. The Morgan fingerprint density at radius 1 is 1.38 bits per heavy atom. The second-order valence-electron chi connectivity index (χ2n) is 6.51. The van der Waals surface area contributed by atoms with Gasteiger partial charge < -0.3 is 19.6 Å². The average molecular weight is 391 g/mol. The fraction of sp³-hybridized carbons (Fsp3) is 0.294. The maximum Gasteiger partial charge on any atom is 0.407 e. The molecule has 7 heteroatoms. The van der Waals surface area contributed by atoms with E-state index in [1.54, 1.807) is 12.5 Å². The van der Waals surface area contributed by atoms with Crippen molar-refractivity contribution >= 4 is 32.9 Å². The standard InChI is InChI=1S/C17H19BrN4O2/c1-17(2,3)24-16(23)20-9-12-6-11-7-13(22-5-4-19-10-22)8-14(18)15(11)21-12/h4-8,10,21H,9H2,1-3H3,(H,20,23). The number of benzene rings is 1. The van der Waals surface area contributed by atoms with Crippen LogP contribution in [0.15, 0.2) is 41.4 Å². The van der Waals surface area contributed by atoms with Gasteiger partial charge in [-0.1, -0.05) is 0 Å². The Hall–Kier alpha value is -2.28. The van der Waals surface area contributed by atoms with Crippen LogP contribution in [-0.2, 0) is 11.3 Å². The van der Waals surface area contributed by atoms with Crippen molar-refractivity contribution in [1.82, 2.24) is 19.9 Å². The molecule has 0 atom stereocenters. The van der Waals surface area contributed by atoms with Gasteiger partial charge in [-0.15, -0.1) is 0 Å². The molecule has 0 radical (unpaired) electrons. The van der Waals surface area contributed by atoms with E-state index in [1.807, 2.05) is 43.7 Å². The van der Waals surface area contributed by atoms with E-state index in [0.717, 1.165) is 26.8 Å². The van der Waals surface area contributed by atoms with Crippen LogP contribution in [0.4, 0.5) is 4.79 Å². The lowest BCUT2D eigenvalue weighted by Gasteiger charge is -2.19. The number of nitrogens with zero attached hydrogens (tertiary/aromatic N) is 2. The zero-order valence-electron chi connectivity index (χ0n) is 13.8. The number of aromatic nitrogens is 3. The van der Waals surface area contributed by atoms with Crippen LogP contribution >= 0.6 is 15.9 Å². The molecule has 2 aromatic heterocycles. The van der Waals surface area contributed by atoms with E-state index in [0.29, 0.717) is 6.54 Å². The van der Waals surface area contributed by atoms with Crippen LogP contribution in [0, 0.1) is 0 Å². The topological polar surface area (TPSA) is 71.9 Å². The van der Waals surface area contributed by atoms with Crippen molar-refractivity contribution in [3.8, 4) is 5.69 Å². The van der Waals surface area contributed by atoms with Gasteiger partial charge in [0.2, 0.25) is 0 Å². The van der Waals surface area contributed by atoms with Gasteiger partial charge >= 0.3 is 6.09 Å². The summed E-state index contributed by atoms with van der Waals surface area (Å²) in [5.41, 5.74) is 2.39. The highest BCUT2D eigenvalue weighted by atomic mass is 79.9. The number of alkyl carbamates (subject to hydrolysis) is 1. The Morgan fingerprint density at radius 2 is 2.17 bits per heavy atom. The molecule has 126 valence electrons. The summed E-state index contributed by atoms with van der Waals surface area (Å²) in [4.78, 5) is 19.1. The minimum Gasteiger partial charge on any atom is -0.444 e. The third-order valence-electron chi connectivity index (χ3n) is 3.35. The molecular weight excluding hydrogens is 372 g/mol. The van der Waals surface area contributed by atoms with Crippen LogP contribution in [-0.4, -0.2) is 26.2 Å². The van der Waals surface area contributed by atoms with Gasteiger partial charge in [0, 0.05) is 33.6 Å². The zero-order chi connectivity index (χ0) is 17.3. The number of H-pyrrole nitrogens is 1. The van der Waals surface area contributed by atoms with Crippen molar-refractivity contribution in [3.05, 3.63) is 47.1 Å². The summed E-state index contributed by atoms with van der Waals surface area (Å²) in [6.45, 7) is 5.88. The number of rotatable bonds is 3.